The van der Waals surface area contributed by atoms with Crippen molar-refractivity contribution in [1.29, 1.82) is 0 Å². The third kappa shape index (κ3) is 3.89. The van der Waals surface area contributed by atoms with Crippen LogP contribution in [0.1, 0.15) is 17.5 Å². The lowest BCUT2D eigenvalue weighted by molar-refractivity contribution is 0.260. The van der Waals surface area contributed by atoms with Crippen LogP contribution in [0.15, 0.2) is 54.6 Å². The van der Waals surface area contributed by atoms with Gasteiger partial charge in [0, 0.05) is 31.9 Å². The fourth-order valence-corrected chi connectivity index (χ4v) is 3.13. The summed E-state index contributed by atoms with van der Waals surface area (Å²) in [4.78, 5) is 5.10. The standard InChI is InChI=1S/C20H25N2/c1-18-8-5-6-12-20(18)22-16-14-21(15-17-22)13-7-11-19-9-3-2-4-10-19/h2-6,8-12H,7,13-17H2,1H3. The minimum Gasteiger partial charge on any atom is -0.369 e. The lowest BCUT2D eigenvalue weighted by Crippen LogP contribution is -2.46. The van der Waals surface area contributed by atoms with E-state index in [1.807, 2.05) is 0 Å². The molecule has 1 aliphatic rings. The highest BCUT2D eigenvalue weighted by molar-refractivity contribution is 5.53. The van der Waals surface area contributed by atoms with Gasteiger partial charge in [-0.3, -0.25) is 4.90 Å². The van der Waals surface area contributed by atoms with Crippen molar-refractivity contribution in [3.05, 3.63) is 72.1 Å². The van der Waals surface area contributed by atoms with Crippen LogP contribution in [0.4, 0.5) is 5.69 Å². The van der Waals surface area contributed by atoms with Crippen molar-refractivity contribution in [2.24, 2.45) is 0 Å². The molecule has 0 aliphatic carbocycles. The molecule has 1 heterocycles. The first-order valence-electron chi connectivity index (χ1n) is 8.24. The van der Waals surface area contributed by atoms with Crippen LogP contribution in [0.3, 0.4) is 0 Å². The number of piperazine rings is 1. The number of hydrogen-bond acceptors (Lipinski definition) is 2. The van der Waals surface area contributed by atoms with Gasteiger partial charge >= 0.3 is 0 Å². The normalized spacial score (nSPS) is 16.0. The van der Waals surface area contributed by atoms with E-state index < -0.39 is 0 Å². The van der Waals surface area contributed by atoms with Gasteiger partial charge in [0.05, 0.1) is 0 Å². The Labute approximate surface area is 134 Å². The molecule has 2 aromatic carbocycles. The van der Waals surface area contributed by atoms with E-state index in [2.05, 4.69) is 77.7 Å². The van der Waals surface area contributed by atoms with E-state index in [9.17, 15) is 0 Å². The van der Waals surface area contributed by atoms with Crippen LogP contribution in [-0.2, 0) is 0 Å². The summed E-state index contributed by atoms with van der Waals surface area (Å²) in [6.45, 7) is 7.97. The van der Waals surface area contributed by atoms with Crippen LogP contribution in [0.2, 0.25) is 0 Å². The van der Waals surface area contributed by atoms with Gasteiger partial charge in [-0.1, -0.05) is 48.5 Å². The number of nitrogens with zero attached hydrogens (tertiary/aromatic N) is 2. The summed E-state index contributed by atoms with van der Waals surface area (Å²) in [6, 6.07) is 19.3. The number of hydrogen-bond donors (Lipinski definition) is 0. The summed E-state index contributed by atoms with van der Waals surface area (Å²) >= 11 is 0. The molecule has 0 bridgehead atoms. The van der Waals surface area contributed by atoms with Crippen LogP contribution in [-0.4, -0.2) is 37.6 Å². The molecule has 1 radical (unpaired) electrons. The molecule has 0 spiro atoms. The van der Waals surface area contributed by atoms with Crippen molar-refractivity contribution in [2.45, 2.75) is 13.3 Å². The number of rotatable bonds is 5. The number of aryl methyl sites for hydroxylation is 1. The van der Waals surface area contributed by atoms with Crippen LogP contribution < -0.4 is 4.90 Å². The first-order valence-corrected chi connectivity index (χ1v) is 8.24. The minimum atomic E-state index is 1.13. The second-order valence-electron chi connectivity index (χ2n) is 6.02. The molecule has 0 N–H and O–H groups in total. The lowest BCUT2D eigenvalue weighted by atomic mass is 10.1. The van der Waals surface area contributed by atoms with Gasteiger partial charge in [0.2, 0.25) is 0 Å². The Morgan fingerprint density at radius 1 is 0.864 bits per heavy atom. The maximum absolute atomic E-state index is 2.58. The smallest absolute Gasteiger partial charge is 0.0396 e. The lowest BCUT2D eigenvalue weighted by Gasteiger charge is -2.36. The van der Waals surface area contributed by atoms with Gasteiger partial charge in [-0.05, 0) is 43.5 Å². The fraction of sp³-hybridized carbons (Fsp3) is 0.350. The largest absolute Gasteiger partial charge is 0.369 e. The molecular formula is C20H25N2. The Morgan fingerprint density at radius 3 is 2.27 bits per heavy atom. The second-order valence-corrected chi connectivity index (χ2v) is 6.02. The van der Waals surface area contributed by atoms with Gasteiger partial charge in [0.25, 0.3) is 0 Å². The van der Waals surface area contributed by atoms with Crippen LogP contribution >= 0.6 is 0 Å². The maximum atomic E-state index is 2.58. The summed E-state index contributed by atoms with van der Waals surface area (Å²) in [6.07, 6.45) is 3.47. The van der Waals surface area contributed by atoms with Crippen molar-refractivity contribution in [3.8, 4) is 0 Å². The minimum absolute atomic E-state index is 1.13. The van der Waals surface area contributed by atoms with Gasteiger partial charge in [0.15, 0.2) is 0 Å². The third-order valence-electron chi connectivity index (χ3n) is 4.45. The van der Waals surface area contributed by atoms with E-state index in [4.69, 9.17) is 0 Å². The van der Waals surface area contributed by atoms with E-state index >= 15 is 0 Å². The van der Waals surface area contributed by atoms with E-state index in [0.717, 1.165) is 39.1 Å². The molecule has 0 unspecified atom stereocenters. The van der Waals surface area contributed by atoms with Gasteiger partial charge in [-0.25, -0.2) is 0 Å². The Morgan fingerprint density at radius 2 is 1.55 bits per heavy atom. The Bertz CT molecular complexity index is 571. The SMILES string of the molecule is Cc1ccccc1N1CCN(CC[CH]c2ccccc2)CC1. The molecule has 1 aliphatic heterocycles. The molecule has 1 saturated heterocycles. The van der Waals surface area contributed by atoms with E-state index in [0.29, 0.717) is 0 Å². The average molecular weight is 293 g/mol. The zero-order valence-corrected chi connectivity index (χ0v) is 13.4. The second kappa shape index (κ2) is 7.46. The van der Waals surface area contributed by atoms with Crippen molar-refractivity contribution in [1.82, 2.24) is 4.90 Å². The zero-order valence-electron chi connectivity index (χ0n) is 13.4. The summed E-state index contributed by atoms with van der Waals surface area (Å²) in [5.41, 5.74) is 4.12. The number of anilines is 1. The molecule has 0 atom stereocenters. The quantitative estimate of drug-likeness (QED) is 0.828. The third-order valence-corrected chi connectivity index (χ3v) is 4.45. The first-order chi connectivity index (χ1) is 10.8. The summed E-state index contributed by atoms with van der Waals surface area (Å²) in [7, 11) is 0. The highest BCUT2D eigenvalue weighted by Gasteiger charge is 2.17. The van der Waals surface area contributed by atoms with Crippen molar-refractivity contribution >= 4 is 5.69 Å². The summed E-state index contributed by atoms with van der Waals surface area (Å²) in [5, 5.41) is 0. The molecule has 2 nitrogen and oxygen atoms in total. The van der Waals surface area contributed by atoms with Gasteiger partial charge in [-0.2, -0.15) is 0 Å². The summed E-state index contributed by atoms with van der Waals surface area (Å²) in [5.74, 6) is 0. The number of para-hydroxylation sites is 1. The topological polar surface area (TPSA) is 6.48 Å². The van der Waals surface area contributed by atoms with Gasteiger partial charge < -0.3 is 4.90 Å². The van der Waals surface area contributed by atoms with Gasteiger partial charge in [-0.15, -0.1) is 0 Å². The van der Waals surface area contributed by atoms with E-state index in [1.165, 1.54) is 16.8 Å². The zero-order chi connectivity index (χ0) is 15.2. The predicted octanol–water partition coefficient (Wildman–Crippen LogP) is 3.76. The molecular weight excluding hydrogens is 268 g/mol. The van der Waals surface area contributed by atoms with Crippen LogP contribution in [0.25, 0.3) is 0 Å². The highest BCUT2D eigenvalue weighted by atomic mass is 15.3. The van der Waals surface area contributed by atoms with Crippen LogP contribution in [0.5, 0.6) is 0 Å². The molecule has 0 aromatic heterocycles. The van der Waals surface area contributed by atoms with Gasteiger partial charge in [0.1, 0.15) is 0 Å². The average Bonchev–Trinajstić information content (AvgIpc) is 2.57. The molecule has 2 aromatic rings. The molecule has 115 valence electrons. The predicted molar refractivity (Wildman–Crippen MR) is 94.3 cm³/mol. The Hall–Kier alpha value is -1.80. The monoisotopic (exact) mass is 293 g/mol. The molecule has 1 fully saturated rings. The highest BCUT2D eigenvalue weighted by Crippen LogP contribution is 2.20. The van der Waals surface area contributed by atoms with Crippen molar-refractivity contribution in [2.75, 3.05) is 37.6 Å². The van der Waals surface area contributed by atoms with Crippen LogP contribution in [0, 0.1) is 13.3 Å². The van der Waals surface area contributed by atoms with E-state index in [1.54, 1.807) is 0 Å². The maximum Gasteiger partial charge on any atom is 0.0396 e. The van der Waals surface area contributed by atoms with E-state index in [-0.39, 0.29) is 0 Å². The number of benzene rings is 2. The fourth-order valence-electron chi connectivity index (χ4n) is 3.13. The van der Waals surface area contributed by atoms with Crippen molar-refractivity contribution < 1.29 is 0 Å². The van der Waals surface area contributed by atoms with Crippen molar-refractivity contribution in [3.63, 3.8) is 0 Å². The molecule has 3 rings (SSSR count). The molecule has 0 amide bonds. The summed E-state index contributed by atoms with van der Waals surface area (Å²) < 4.78 is 0. The Balaban J connectivity index is 1.43. The molecule has 0 saturated carbocycles. The molecule has 22 heavy (non-hydrogen) atoms. The molecule has 2 heteroatoms. The first kappa shape index (κ1) is 15.1. The Kier molecular flexibility index (Phi) is 5.12.